The molecule has 7 nitrogen and oxygen atoms in total. The van der Waals surface area contributed by atoms with Gasteiger partial charge in [-0.2, -0.15) is 4.31 Å². The maximum absolute atomic E-state index is 12.9. The number of hydrogen-bond acceptors (Lipinski definition) is 6. The lowest BCUT2D eigenvalue weighted by molar-refractivity contribution is 0.382. The van der Waals surface area contributed by atoms with Crippen LogP contribution in [0.2, 0.25) is 0 Å². The summed E-state index contributed by atoms with van der Waals surface area (Å²) in [5.41, 5.74) is 1.09. The highest BCUT2D eigenvalue weighted by molar-refractivity contribution is 7.89. The summed E-state index contributed by atoms with van der Waals surface area (Å²) in [6.07, 6.45) is 3.39. The van der Waals surface area contributed by atoms with Crippen LogP contribution >= 0.6 is 0 Å². The summed E-state index contributed by atoms with van der Waals surface area (Å²) in [5.74, 6) is 0.644. The standard InChI is InChI=1S/C19H27N5O2S/c1-19(2,3)22-15-16-5-7-17(8-6-16)27(25,26)24-13-11-23(12-14-24)18-20-9-4-10-21-18/h4-10,22H,11-15H2,1-3H3. The smallest absolute Gasteiger partial charge is 0.243 e. The molecule has 2 aromatic rings. The summed E-state index contributed by atoms with van der Waals surface area (Å²) in [6, 6.07) is 8.91. The summed E-state index contributed by atoms with van der Waals surface area (Å²) >= 11 is 0. The van der Waals surface area contributed by atoms with Crippen LogP contribution in [0, 0.1) is 0 Å². The van der Waals surface area contributed by atoms with Crippen LogP contribution in [-0.4, -0.2) is 54.4 Å². The minimum Gasteiger partial charge on any atom is -0.338 e. The van der Waals surface area contributed by atoms with Crippen LogP contribution < -0.4 is 10.2 Å². The van der Waals surface area contributed by atoms with Crippen LogP contribution in [0.25, 0.3) is 0 Å². The average Bonchev–Trinajstić information content (AvgIpc) is 2.67. The zero-order valence-electron chi connectivity index (χ0n) is 16.1. The Morgan fingerprint density at radius 2 is 1.59 bits per heavy atom. The van der Waals surface area contributed by atoms with Crippen molar-refractivity contribution in [2.75, 3.05) is 31.1 Å². The van der Waals surface area contributed by atoms with Crippen LogP contribution in [0.5, 0.6) is 0 Å². The Balaban J connectivity index is 1.63. The Morgan fingerprint density at radius 1 is 1.00 bits per heavy atom. The molecule has 3 rings (SSSR count). The predicted molar refractivity (Wildman–Crippen MR) is 106 cm³/mol. The van der Waals surface area contributed by atoms with Crippen LogP contribution in [0.1, 0.15) is 26.3 Å². The molecule has 1 saturated heterocycles. The number of nitrogens with one attached hydrogen (secondary N) is 1. The van der Waals surface area contributed by atoms with Gasteiger partial charge < -0.3 is 10.2 Å². The first-order chi connectivity index (χ1) is 12.8. The zero-order chi connectivity index (χ0) is 19.5. The number of benzene rings is 1. The van der Waals surface area contributed by atoms with Gasteiger partial charge in [0.2, 0.25) is 16.0 Å². The van der Waals surface area contributed by atoms with Gasteiger partial charge in [0.1, 0.15) is 0 Å². The highest BCUT2D eigenvalue weighted by atomic mass is 32.2. The molecular formula is C19H27N5O2S. The molecular weight excluding hydrogens is 362 g/mol. The molecule has 0 spiro atoms. The van der Waals surface area contributed by atoms with Gasteiger partial charge >= 0.3 is 0 Å². The maximum Gasteiger partial charge on any atom is 0.243 e. The Labute approximate surface area is 161 Å². The van der Waals surface area contributed by atoms with Crippen molar-refractivity contribution in [3.8, 4) is 0 Å². The van der Waals surface area contributed by atoms with E-state index >= 15 is 0 Å². The molecule has 1 aromatic heterocycles. The lowest BCUT2D eigenvalue weighted by atomic mass is 10.1. The number of piperazine rings is 1. The van der Waals surface area contributed by atoms with E-state index in [2.05, 4.69) is 36.1 Å². The number of rotatable bonds is 5. The third-order valence-corrected chi connectivity index (χ3v) is 6.37. The number of aromatic nitrogens is 2. The molecule has 1 aliphatic heterocycles. The van der Waals surface area contributed by atoms with E-state index in [4.69, 9.17) is 0 Å². The van der Waals surface area contributed by atoms with Gasteiger partial charge in [0.05, 0.1) is 4.90 Å². The molecule has 0 unspecified atom stereocenters. The molecule has 8 heteroatoms. The van der Waals surface area contributed by atoms with E-state index in [0.29, 0.717) is 43.6 Å². The normalized spacial score (nSPS) is 16.5. The van der Waals surface area contributed by atoms with Crippen molar-refractivity contribution < 1.29 is 8.42 Å². The Kier molecular flexibility index (Phi) is 5.78. The molecule has 27 heavy (non-hydrogen) atoms. The van der Waals surface area contributed by atoms with Gasteiger partial charge in [-0.05, 0) is 44.5 Å². The fraction of sp³-hybridized carbons (Fsp3) is 0.474. The van der Waals surface area contributed by atoms with Crippen LogP contribution in [-0.2, 0) is 16.6 Å². The topological polar surface area (TPSA) is 78.4 Å². The first kappa shape index (κ1) is 19.7. The second-order valence-corrected chi connectivity index (χ2v) is 9.63. The van der Waals surface area contributed by atoms with E-state index in [9.17, 15) is 8.42 Å². The predicted octanol–water partition coefficient (Wildman–Crippen LogP) is 1.88. The monoisotopic (exact) mass is 389 g/mol. The fourth-order valence-electron chi connectivity index (χ4n) is 2.88. The molecule has 0 saturated carbocycles. The molecule has 146 valence electrons. The average molecular weight is 390 g/mol. The Hall–Kier alpha value is -2.03. The van der Waals surface area contributed by atoms with Gasteiger partial charge in [0.25, 0.3) is 0 Å². The molecule has 1 aliphatic rings. The zero-order valence-corrected chi connectivity index (χ0v) is 16.9. The fourth-order valence-corrected chi connectivity index (χ4v) is 4.30. The van der Waals surface area contributed by atoms with E-state index < -0.39 is 10.0 Å². The highest BCUT2D eigenvalue weighted by Crippen LogP contribution is 2.20. The minimum absolute atomic E-state index is 0.0207. The van der Waals surface area contributed by atoms with E-state index in [1.807, 2.05) is 17.0 Å². The number of hydrogen-bond donors (Lipinski definition) is 1. The molecule has 0 bridgehead atoms. The van der Waals surface area contributed by atoms with Crippen molar-refractivity contribution in [1.29, 1.82) is 0 Å². The van der Waals surface area contributed by atoms with E-state index in [1.54, 1.807) is 30.6 Å². The molecule has 1 N–H and O–H groups in total. The van der Waals surface area contributed by atoms with Gasteiger partial charge in [0.15, 0.2) is 0 Å². The minimum atomic E-state index is -3.48. The van der Waals surface area contributed by atoms with E-state index in [1.165, 1.54) is 4.31 Å². The summed E-state index contributed by atoms with van der Waals surface area (Å²) in [5, 5.41) is 3.40. The second kappa shape index (κ2) is 7.92. The van der Waals surface area contributed by atoms with Crippen molar-refractivity contribution in [2.45, 2.75) is 37.8 Å². The third kappa shape index (κ3) is 5.03. The largest absolute Gasteiger partial charge is 0.338 e. The lowest BCUT2D eigenvalue weighted by Crippen LogP contribution is -2.49. The SMILES string of the molecule is CC(C)(C)NCc1ccc(S(=O)(=O)N2CCN(c3ncccn3)CC2)cc1. The number of sulfonamides is 1. The molecule has 1 fully saturated rings. The van der Waals surface area contributed by atoms with Crippen molar-refractivity contribution in [3.63, 3.8) is 0 Å². The van der Waals surface area contributed by atoms with Crippen molar-refractivity contribution in [2.24, 2.45) is 0 Å². The third-order valence-electron chi connectivity index (χ3n) is 4.46. The highest BCUT2D eigenvalue weighted by Gasteiger charge is 2.29. The van der Waals surface area contributed by atoms with Crippen LogP contribution in [0.15, 0.2) is 47.6 Å². The summed E-state index contributed by atoms with van der Waals surface area (Å²) in [6.45, 7) is 9.03. The van der Waals surface area contributed by atoms with Gasteiger partial charge in [-0.1, -0.05) is 12.1 Å². The summed E-state index contributed by atoms with van der Waals surface area (Å²) in [7, 11) is -3.48. The van der Waals surface area contributed by atoms with Crippen molar-refractivity contribution >= 4 is 16.0 Å². The first-order valence-corrected chi connectivity index (χ1v) is 10.6. The van der Waals surface area contributed by atoms with Crippen molar-refractivity contribution in [1.82, 2.24) is 19.6 Å². The van der Waals surface area contributed by atoms with Crippen LogP contribution in [0.3, 0.4) is 0 Å². The molecule has 0 aliphatic carbocycles. The molecule has 0 atom stereocenters. The molecule has 1 aromatic carbocycles. The van der Waals surface area contributed by atoms with E-state index in [0.717, 1.165) is 5.56 Å². The molecule has 0 amide bonds. The van der Waals surface area contributed by atoms with Crippen LogP contribution in [0.4, 0.5) is 5.95 Å². The summed E-state index contributed by atoms with van der Waals surface area (Å²) < 4.78 is 27.4. The summed E-state index contributed by atoms with van der Waals surface area (Å²) in [4.78, 5) is 10.8. The van der Waals surface area contributed by atoms with Crippen molar-refractivity contribution in [3.05, 3.63) is 48.3 Å². The Morgan fingerprint density at radius 3 is 2.15 bits per heavy atom. The lowest BCUT2D eigenvalue weighted by Gasteiger charge is -2.33. The quantitative estimate of drug-likeness (QED) is 0.841. The van der Waals surface area contributed by atoms with Gasteiger partial charge in [-0.25, -0.2) is 18.4 Å². The number of anilines is 1. The maximum atomic E-state index is 12.9. The van der Waals surface area contributed by atoms with E-state index in [-0.39, 0.29) is 5.54 Å². The van der Waals surface area contributed by atoms with Gasteiger partial charge in [-0.15, -0.1) is 0 Å². The molecule has 2 heterocycles. The molecule has 0 radical (unpaired) electrons. The Bertz CT molecular complexity index is 840. The second-order valence-electron chi connectivity index (χ2n) is 7.69. The first-order valence-electron chi connectivity index (χ1n) is 9.12. The van der Waals surface area contributed by atoms with Gasteiger partial charge in [-0.3, -0.25) is 0 Å². The number of nitrogens with zero attached hydrogens (tertiary/aromatic N) is 4. The van der Waals surface area contributed by atoms with Gasteiger partial charge in [0, 0.05) is 50.7 Å².